The summed E-state index contributed by atoms with van der Waals surface area (Å²) in [5.74, 6) is -2.23. The SMILES string of the molecule is CC(C)(C)OC(=O)N1C(n2c(C(=O)O)cc3ccccc32)C[C@H](c2ccccc2)[C@H]1C(N)=O. The number of hydrogen-bond donors (Lipinski definition) is 2. The molecule has 0 spiro atoms. The Bertz CT molecular complexity index is 1210. The number of carbonyl (C=O) groups is 3. The lowest BCUT2D eigenvalue weighted by molar-refractivity contribution is -0.123. The molecule has 33 heavy (non-hydrogen) atoms. The number of carbonyl (C=O) groups excluding carboxylic acids is 2. The maximum Gasteiger partial charge on any atom is 0.412 e. The molecule has 8 nitrogen and oxygen atoms in total. The second-order valence-electron chi connectivity index (χ2n) is 9.23. The minimum atomic E-state index is -1.13. The Balaban J connectivity index is 1.93. The van der Waals surface area contributed by atoms with Gasteiger partial charge in [-0.05, 0) is 44.9 Å². The predicted octanol–water partition coefficient (Wildman–Crippen LogP) is 4.12. The molecule has 0 aliphatic carbocycles. The number of likely N-dealkylation sites (tertiary alicyclic amines) is 1. The van der Waals surface area contributed by atoms with Gasteiger partial charge in [0.1, 0.15) is 23.5 Å². The van der Waals surface area contributed by atoms with E-state index in [9.17, 15) is 19.5 Å². The molecule has 1 aliphatic rings. The standard InChI is InChI=1S/C25H27N3O5/c1-25(2,3)33-24(32)28-20(14-17(21(28)22(26)29)15-9-5-4-6-10-15)27-18-12-8-7-11-16(18)13-19(27)23(30)31/h4-13,17,20-21H,14H2,1-3H3,(H2,26,29)(H,30,31)/t17-,20?,21+/m1/s1. The molecule has 2 aromatic carbocycles. The Morgan fingerprint density at radius 3 is 2.27 bits per heavy atom. The lowest BCUT2D eigenvalue weighted by atomic mass is 9.91. The van der Waals surface area contributed by atoms with Crippen molar-refractivity contribution in [2.24, 2.45) is 5.73 Å². The van der Waals surface area contributed by atoms with Crippen LogP contribution in [0.2, 0.25) is 0 Å². The first-order valence-electron chi connectivity index (χ1n) is 10.8. The summed E-state index contributed by atoms with van der Waals surface area (Å²) < 4.78 is 7.24. The Morgan fingerprint density at radius 1 is 1.03 bits per heavy atom. The van der Waals surface area contributed by atoms with Gasteiger partial charge in [-0.15, -0.1) is 0 Å². The molecule has 2 amide bonds. The highest BCUT2D eigenvalue weighted by molar-refractivity contribution is 5.95. The van der Waals surface area contributed by atoms with Gasteiger partial charge in [0.25, 0.3) is 0 Å². The molecule has 1 fully saturated rings. The van der Waals surface area contributed by atoms with Crippen molar-refractivity contribution in [2.45, 2.75) is 50.9 Å². The number of amides is 2. The van der Waals surface area contributed by atoms with Crippen molar-refractivity contribution < 1.29 is 24.2 Å². The summed E-state index contributed by atoms with van der Waals surface area (Å²) in [6.45, 7) is 5.20. The quantitative estimate of drug-likeness (QED) is 0.622. The maximum atomic E-state index is 13.4. The molecule has 1 unspecified atom stereocenters. The van der Waals surface area contributed by atoms with Gasteiger partial charge in [0.2, 0.25) is 5.91 Å². The fourth-order valence-corrected chi connectivity index (χ4v) is 4.64. The van der Waals surface area contributed by atoms with Crippen molar-refractivity contribution in [3.05, 3.63) is 71.9 Å². The third-order valence-electron chi connectivity index (χ3n) is 5.86. The average molecular weight is 450 g/mol. The lowest BCUT2D eigenvalue weighted by Crippen LogP contribution is -2.49. The van der Waals surface area contributed by atoms with Crippen LogP contribution in [0.1, 0.15) is 55.3 Å². The fourth-order valence-electron chi connectivity index (χ4n) is 4.64. The van der Waals surface area contributed by atoms with Crippen LogP contribution >= 0.6 is 0 Å². The molecule has 172 valence electrons. The minimum Gasteiger partial charge on any atom is -0.477 e. The van der Waals surface area contributed by atoms with Crippen LogP contribution < -0.4 is 5.73 Å². The zero-order chi connectivity index (χ0) is 23.9. The molecule has 0 bridgehead atoms. The summed E-state index contributed by atoms with van der Waals surface area (Å²) in [6, 6.07) is 17.1. The van der Waals surface area contributed by atoms with E-state index in [1.165, 1.54) is 4.90 Å². The Hall–Kier alpha value is -3.81. The van der Waals surface area contributed by atoms with Gasteiger partial charge in [-0.2, -0.15) is 0 Å². The molecule has 0 saturated carbocycles. The number of benzene rings is 2. The van der Waals surface area contributed by atoms with Crippen molar-refractivity contribution in [3.8, 4) is 0 Å². The number of aromatic carboxylic acids is 1. The second-order valence-corrected chi connectivity index (χ2v) is 9.23. The van der Waals surface area contributed by atoms with Gasteiger partial charge in [-0.25, -0.2) is 9.59 Å². The molecule has 8 heteroatoms. The summed E-state index contributed by atoms with van der Waals surface area (Å²) in [7, 11) is 0. The first-order chi connectivity index (χ1) is 15.6. The van der Waals surface area contributed by atoms with Crippen LogP contribution in [0.4, 0.5) is 4.79 Å². The van der Waals surface area contributed by atoms with Crippen molar-refractivity contribution in [1.82, 2.24) is 9.47 Å². The van der Waals surface area contributed by atoms with Gasteiger partial charge in [0, 0.05) is 11.3 Å². The zero-order valence-corrected chi connectivity index (χ0v) is 18.8. The number of para-hydroxylation sites is 1. The number of nitrogens with zero attached hydrogens (tertiary/aromatic N) is 2. The Labute approximate surface area is 191 Å². The highest BCUT2D eigenvalue weighted by Crippen LogP contribution is 2.45. The number of primary amides is 1. The molecule has 4 rings (SSSR count). The number of carboxylic acid groups (broad SMARTS) is 1. The number of ether oxygens (including phenoxy) is 1. The molecular weight excluding hydrogens is 422 g/mol. The molecule has 3 N–H and O–H groups in total. The molecule has 2 heterocycles. The normalized spacial score (nSPS) is 20.7. The Kier molecular flexibility index (Phi) is 5.61. The summed E-state index contributed by atoms with van der Waals surface area (Å²) in [4.78, 5) is 39.6. The first-order valence-corrected chi connectivity index (χ1v) is 10.8. The maximum absolute atomic E-state index is 13.4. The fraction of sp³-hybridized carbons (Fsp3) is 0.320. The van der Waals surface area contributed by atoms with Gasteiger partial charge < -0.3 is 20.1 Å². The Morgan fingerprint density at radius 2 is 1.67 bits per heavy atom. The van der Waals surface area contributed by atoms with E-state index in [0.717, 1.165) is 10.9 Å². The number of fused-ring (bicyclic) bond motifs is 1. The van der Waals surface area contributed by atoms with Gasteiger partial charge in [-0.3, -0.25) is 9.69 Å². The van der Waals surface area contributed by atoms with Crippen LogP contribution in [-0.4, -0.2) is 44.2 Å². The van der Waals surface area contributed by atoms with Crippen LogP contribution in [-0.2, 0) is 9.53 Å². The molecule has 1 saturated heterocycles. The number of aromatic nitrogens is 1. The first kappa shape index (κ1) is 22.4. The van der Waals surface area contributed by atoms with Gasteiger partial charge in [0.05, 0.1) is 5.52 Å². The van der Waals surface area contributed by atoms with E-state index >= 15 is 0 Å². The van der Waals surface area contributed by atoms with Gasteiger partial charge >= 0.3 is 12.1 Å². The summed E-state index contributed by atoms with van der Waals surface area (Å²) in [5.41, 5.74) is 6.52. The molecular formula is C25H27N3O5. The average Bonchev–Trinajstić information content (AvgIpc) is 3.32. The second kappa shape index (κ2) is 8.27. The molecule has 1 aromatic heterocycles. The van der Waals surface area contributed by atoms with E-state index in [1.807, 2.05) is 42.5 Å². The number of hydrogen-bond acceptors (Lipinski definition) is 4. The van der Waals surface area contributed by atoms with Crippen molar-refractivity contribution in [1.29, 1.82) is 0 Å². The lowest BCUT2D eigenvalue weighted by Gasteiger charge is -2.33. The largest absolute Gasteiger partial charge is 0.477 e. The highest BCUT2D eigenvalue weighted by Gasteiger charge is 2.50. The van der Waals surface area contributed by atoms with Crippen LogP contribution in [0.15, 0.2) is 60.7 Å². The topological polar surface area (TPSA) is 115 Å². The molecule has 0 radical (unpaired) electrons. The monoisotopic (exact) mass is 449 g/mol. The number of rotatable bonds is 4. The summed E-state index contributed by atoms with van der Waals surface area (Å²) in [6.07, 6.45) is -1.20. The van der Waals surface area contributed by atoms with Crippen molar-refractivity contribution >= 4 is 28.9 Å². The van der Waals surface area contributed by atoms with Crippen LogP contribution in [0, 0.1) is 0 Å². The number of carboxylic acids is 1. The van der Waals surface area contributed by atoms with Crippen molar-refractivity contribution in [2.75, 3.05) is 0 Å². The minimum absolute atomic E-state index is 0.0201. The van der Waals surface area contributed by atoms with E-state index in [0.29, 0.717) is 11.9 Å². The summed E-state index contributed by atoms with van der Waals surface area (Å²) in [5, 5.41) is 10.7. The van der Waals surface area contributed by atoms with Gasteiger partial charge in [0.15, 0.2) is 0 Å². The van der Waals surface area contributed by atoms with E-state index < -0.39 is 41.7 Å². The number of nitrogens with two attached hydrogens (primary N) is 1. The van der Waals surface area contributed by atoms with E-state index in [2.05, 4.69) is 0 Å². The molecule has 3 atom stereocenters. The summed E-state index contributed by atoms with van der Waals surface area (Å²) >= 11 is 0. The van der Waals surface area contributed by atoms with E-state index in [-0.39, 0.29) is 5.69 Å². The molecule has 1 aliphatic heterocycles. The third kappa shape index (κ3) is 4.16. The van der Waals surface area contributed by atoms with Crippen LogP contribution in [0.3, 0.4) is 0 Å². The predicted molar refractivity (Wildman–Crippen MR) is 123 cm³/mol. The third-order valence-corrected chi connectivity index (χ3v) is 5.86. The van der Waals surface area contributed by atoms with E-state index in [4.69, 9.17) is 10.5 Å². The highest BCUT2D eigenvalue weighted by atomic mass is 16.6. The van der Waals surface area contributed by atoms with E-state index in [1.54, 1.807) is 43.5 Å². The zero-order valence-electron chi connectivity index (χ0n) is 18.8. The van der Waals surface area contributed by atoms with Gasteiger partial charge in [-0.1, -0.05) is 48.5 Å². The molecule has 3 aromatic rings. The smallest absolute Gasteiger partial charge is 0.412 e. The van der Waals surface area contributed by atoms with Crippen LogP contribution in [0.25, 0.3) is 10.9 Å². The van der Waals surface area contributed by atoms with Crippen LogP contribution in [0.5, 0.6) is 0 Å². The van der Waals surface area contributed by atoms with Crippen molar-refractivity contribution in [3.63, 3.8) is 0 Å².